The van der Waals surface area contributed by atoms with E-state index < -0.39 is 0 Å². The summed E-state index contributed by atoms with van der Waals surface area (Å²) in [5.41, 5.74) is 6.50. The molecule has 0 aromatic carbocycles. The maximum atomic E-state index is 12.0. The van der Waals surface area contributed by atoms with Gasteiger partial charge in [-0.2, -0.15) is 0 Å². The fourth-order valence-corrected chi connectivity index (χ4v) is 2.18. The van der Waals surface area contributed by atoms with Crippen LogP contribution in [0.1, 0.15) is 22.2 Å². The number of aryl methyl sites for hydroxylation is 1. The van der Waals surface area contributed by atoms with Crippen molar-refractivity contribution in [1.29, 1.82) is 0 Å². The Morgan fingerprint density at radius 2 is 2.27 bits per heavy atom. The fourth-order valence-electron chi connectivity index (χ4n) is 1.12. The Morgan fingerprint density at radius 3 is 2.67 bits per heavy atom. The smallest absolute Gasteiger partial charge is 0.264 e. The Hall–Kier alpha value is -0.940. The number of carbonyl (C=O) groups is 1. The Bertz CT molecular complexity index is 387. The predicted molar refractivity (Wildman–Crippen MR) is 67.4 cm³/mol. The normalized spacial score (nSPS) is 12.2. The molecule has 1 atom stereocenters. The second-order valence-electron chi connectivity index (χ2n) is 3.43. The van der Waals surface area contributed by atoms with Gasteiger partial charge < -0.3 is 10.6 Å². The van der Waals surface area contributed by atoms with Gasteiger partial charge >= 0.3 is 0 Å². The molecule has 1 unspecified atom stereocenters. The number of likely N-dealkylation sites (N-methyl/N-ethyl adjacent to an activating group) is 1. The third-order valence-electron chi connectivity index (χ3n) is 2.37. The number of carbonyl (C=O) groups excluding carboxylic acids is 1. The van der Waals surface area contributed by atoms with Gasteiger partial charge in [-0.3, -0.25) is 4.79 Å². The maximum absolute atomic E-state index is 12.0. The highest BCUT2D eigenvalue weighted by molar-refractivity contribution is 7.80. The molecule has 3 nitrogen and oxygen atoms in total. The first-order chi connectivity index (χ1) is 6.95. The van der Waals surface area contributed by atoms with E-state index in [0.29, 0.717) is 4.99 Å². The molecule has 0 saturated heterocycles. The average Bonchev–Trinajstić information content (AvgIpc) is 2.60. The largest absolute Gasteiger partial charge is 0.392 e. The topological polar surface area (TPSA) is 46.3 Å². The van der Waals surface area contributed by atoms with E-state index >= 15 is 0 Å². The highest BCUT2D eigenvalue weighted by Crippen LogP contribution is 2.18. The van der Waals surface area contributed by atoms with Crippen LogP contribution in [0.4, 0.5) is 0 Å². The maximum Gasteiger partial charge on any atom is 0.264 e. The zero-order valence-electron chi connectivity index (χ0n) is 8.98. The van der Waals surface area contributed by atoms with E-state index in [-0.39, 0.29) is 11.9 Å². The van der Waals surface area contributed by atoms with E-state index in [4.69, 9.17) is 18.0 Å². The Labute approximate surface area is 98.9 Å². The number of nitrogens with two attached hydrogens (primary N) is 1. The molecule has 0 aliphatic carbocycles. The monoisotopic (exact) mass is 242 g/mol. The molecule has 0 saturated carbocycles. The molecule has 0 fully saturated rings. The number of hydrogen-bond acceptors (Lipinski definition) is 3. The minimum absolute atomic E-state index is 0.0252. The minimum Gasteiger partial charge on any atom is -0.392 e. The van der Waals surface area contributed by atoms with Crippen LogP contribution in [0.5, 0.6) is 0 Å². The van der Waals surface area contributed by atoms with Gasteiger partial charge in [-0.25, -0.2) is 0 Å². The zero-order chi connectivity index (χ0) is 11.6. The molecule has 1 aromatic rings. The molecule has 1 heterocycles. The van der Waals surface area contributed by atoms with E-state index in [1.807, 2.05) is 25.3 Å². The standard InChI is InChI=1S/C10H14N2OS2/c1-6-4-5-15-8(6)10(13)12(3)7(2)9(11)14/h4-5,7H,1-3H3,(H2,11,14). The molecule has 1 amide bonds. The van der Waals surface area contributed by atoms with Crippen LogP contribution in [0.3, 0.4) is 0 Å². The first-order valence-electron chi connectivity index (χ1n) is 4.55. The first kappa shape index (κ1) is 12.1. The van der Waals surface area contributed by atoms with Crippen LogP contribution in [-0.2, 0) is 0 Å². The van der Waals surface area contributed by atoms with Gasteiger partial charge in [0.2, 0.25) is 0 Å². The van der Waals surface area contributed by atoms with E-state index in [1.54, 1.807) is 11.9 Å². The molecule has 82 valence electrons. The van der Waals surface area contributed by atoms with Crippen molar-refractivity contribution in [2.45, 2.75) is 19.9 Å². The molecular formula is C10H14N2OS2. The lowest BCUT2D eigenvalue weighted by atomic mass is 10.2. The number of amides is 1. The predicted octanol–water partition coefficient (Wildman–Crippen LogP) is 1.80. The van der Waals surface area contributed by atoms with Crippen molar-refractivity contribution in [2.75, 3.05) is 7.05 Å². The van der Waals surface area contributed by atoms with Crippen molar-refractivity contribution in [3.05, 3.63) is 21.9 Å². The van der Waals surface area contributed by atoms with E-state index in [0.717, 1.165) is 10.4 Å². The number of rotatable bonds is 3. The minimum atomic E-state index is -0.214. The van der Waals surface area contributed by atoms with Crippen LogP contribution >= 0.6 is 23.6 Å². The fraction of sp³-hybridized carbons (Fsp3) is 0.400. The number of nitrogens with zero attached hydrogens (tertiary/aromatic N) is 1. The summed E-state index contributed by atoms with van der Waals surface area (Å²) in [6.07, 6.45) is 0. The van der Waals surface area contributed by atoms with Crippen LogP contribution in [-0.4, -0.2) is 28.9 Å². The Kier molecular flexibility index (Phi) is 3.82. The summed E-state index contributed by atoms with van der Waals surface area (Å²) >= 11 is 6.30. The second-order valence-corrected chi connectivity index (χ2v) is 4.81. The molecule has 15 heavy (non-hydrogen) atoms. The van der Waals surface area contributed by atoms with Gasteiger partial charge in [0, 0.05) is 7.05 Å². The van der Waals surface area contributed by atoms with Crippen LogP contribution < -0.4 is 5.73 Å². The van der Waals surface area contributed by atoms with Gasteiger partial charge in [-0.15, -0.1) is 11.3 Å². The lowest BCUT2D eigenvalue weighted by Crippen LogP contribution is -2.42. The summed E-state index contributed by atoms with van der Waals surface area (Å²) < 4.78 is 0. The number of hydrogen-bond donors (Lipinski definition) is 1. The Morgan fingerprint density at radius 1 is 1.67 bits per heavy atom. The second kappa shape index (κ2) is 4.72. The van der Waals surface area contributed by atoms with Crippen molar-refractivity contribution in [1.82, 2.24) is 4.90 Å². The lowest BCUT2D eigenvalue weighted by molar-refractivity contribution is 0.0783. The highest BCUT2D eigenvalue weighted by Gasteiger charge is 2.21. The van der Waals surface area contributed by atoms with Gasteiger partial charge in [0.25, 0.3) is 5.91 Å². The molecule has 0 radical (unpaired) electrons. The van der Waals surface area contributed by atoms with Gasteiger partial charge in [-0.05, 0) is 30.9 Å². The molecule has 1 aromatic heterocycles. The highest BCUT2D eigenvalue weighted by atomic mass is 32.1. The number of thiocarbonyl (C=S) groups is 1. The third-order valence-corrected chi connectivity index (χ3v) is 3.71. The van der Waals surface area contributed by atoms with Gasteiger partial charge in [-0.1, -0.05) is 12.2 Å². The molecule has 0 aliphatic rings. The molecule has 0 aliphatic heterocycles. The number of thiophene rings is 1. The summed E-state index contributed by atoms with van der Waals surface area (Å²) in [7, 11) is 1.71. The van der Waals surface area contributed by atoms with Crippen molar-refractivity contribution in [3.63, 3.8) is 0 Å². The summed E-state index contributed by atoms with van der Waals surface area (Å²) in [5.74, 6) is -0.0252. The first-order valence-corrected chi connectivity index (χ1v) is 5.84. The molecule has 5 heteroatoms. The van der Waals surface area contributed by atoms with E-state index in [9.17, 15) is 4.79 Å². The SMILES string of the molecule is Cc1ccsc1C(=O)N(C)C(C)C(N)=S. The van der Waals surface area contributed by atoms with E-state index in [1.165, 1.54) is 11.3 Å². The van der Waals surface area contributed by atoms with E-state index in [2.05, 4.69) is 0 Å². The third kappa shape index (κ3) is 2.54. The molecule has 2 N–H and O–H groups in total. The van der Waals surface area contributed by atoms with Gasteiger partial charge in [0.05, 0.1) is 15.9 Å². The molecule has 1 rings (SSSR count). The quantitative estimate of drug-likeness (QED) is 0.822. The zero-order valence-corrected chi connectivity index (χ0v) is 10.6. The van der Waals surface area contributed by atoms with Crippen LogP contribution in [0, 0.1) is 6.92 Å². The summed E-state index contributed by atoms with van der Waals surface area (Å²) in [6.45, 7) is 3.74. The average molecular weight is 242 g/mol. The van der Waals surface area contributed by atoms with Crippen LogP contribution in [0.25, 0.3) is 0 Å². The van der Waals surface area contributed by atoms with Crippen molar-refractivity contribution >= 4 is 34.5 Å². The van der Waals surface area contributed by atoms with Crippen LogP contribution in [0.15, 0.2) is 11.4 Å². The lowest BCUT2D eigenvalue weighted by Gasteiger charge is -2.23. The van der Waals surface area contributed by atoms with Crippen LogP contribution in [0.2, 0.25) is 0 Å². The van der Waals surface area contributed by atoms with Crippen molar-refractivity contribution < 1.29 is 4.79 Å². The summed E-state index contributed by atoms with van der Waals surface area (Å²) in [4.78, 5) is 14.6. The molecule has 0 bridgehead atoms. The Balaban J connectivity index is 2.86. The van der Waals surface area contributed by atoms with Gasteiger partial charge in [0.1, 0.15) is 0 Å². The molecule has 0 spiro atoms. The molecular weight excluding hydrogens is 228 g/mol. The summed E-state index contributed by atoms with van der Waals surface area (Å²) in [5, 5.41) is 1.90. The van der Waals surface area contributed by atoms with Gasteiger partial charge in [0.15, 0.2) is 0 Å². The van der Waals surface area contributed by atoms with Crippen molar-refractivity contribution in [3.8, 4) is 0 Å². The summed E-state index contributed by atoms with van der Waals surface area (Å²) in [6, 6.07) is 1.71. The van der Waals surface area contributed by atoms with Crippen molar-refractivity contribution in [2.24, 2.45) is 5.73 Å².